The Bertz CT molecular complexity index is 902. The van der Waals surface area contributed by atoms with Gasteiger partial charge in [0.25, 0.3) is 5.91 Å². The molecule has 0 radical (unpaired) electrons. The molecule has 0 spiro atoms. The summed E-state index contributed by atoms with van der Waals surface area (Å²) in [4.78, 5) is 38.1. The summed E-state index contributed by atoms with van der Waals surface area (Å²) in [7, 11) is 0. The number of nitrogens with zero attached hydrogens (tertiary/aromatic N) is 1. The minimum atomic E-state index is -0.696. The summed E-state index contributed by atoms with van der Waals surface area (Å²) in [5.74, 6) is -0.951. The van der Waals surface area contributed by atoms with E-state index in [-0.39, 0.29) is 25.0 Å². The zero-order valence-corrected chi connectivity index (χ0v) is 15.9. The van der Waals surface area contributed by atoms with Gasteiger partial charge in [0.1, 0.15) is 5.75 Å². The highest BCUT2D eigenvalue weighted by molar-refractivity contribution is 6.32. The number of nitrogens with one attached hydrogen (secondary N) is 1. The molecule has 0 bridgehead atoms. The van der Waals surface area contributed by atoms with Crippen LogP contribution in [0.4, 0.5) is 11.4 Å². The predicted molar refractivity (Wildman–Crippen MR) is 105 cm³/mol. The summed E-state index contributed by atoms with van der Waals surface area (Å²) in [6.45, 7) is 0.933. The number of esters is 1. The molecule has 1 aliphatic heterocycles. The number of hydrogen-bond donors (Lipinski definition) is 1. The van der Waals surface area contributed by atoms with Crippen LogP contribution in [0.3, 0.4) is 0 Å². The summed E-state index contributed by atoms with van der Waals surface area (Å²) in [6.07, 6.45) is 0.143. The van der Waals surface area contributed by atoms with Crippen molar-refractivity contribution in [2.75, 3.05) is 23.4 Å². The average molecular weight is 403 g/mol. The minimum Gasteiger partial charge on any atom is -0.480 e. The molecular formula is C20H19ClN2O5. The van der Waals surface area contributed by atoms with Crippen LogP contribution in [0.1, 0.15) is 13.3 Å². The summed E-state index contributed by atoms with van der Waals surface area (Å²) >= 11 is 5.96. The summed E-state index contributed by atoms with van der Waals surface area (Å²) in [5, 5.41) is 3.15. The minimum absolute atomic E-state index is 0.143. The third-order valence-corrected chi connectivity index (χ3v) is 4.48. The Hall–Kier alpha value is -3.06. The number of para-hydroxylation sites is 3. The molecule has 2 aromatic carbocycles. The number of halogens is 1. The van der Waals surface area contributed by atoms with E-state index in [4.69, 9.17) is 21.1 Å². The van der Waals surface area contributed by atoms with Crippen LogP contribution in [0.15, 0.2) is 48.5 Å². The standard InChI is InChI=1S/C20H19ClN2O5/c1-13-10-18(24)22-15-7-3-4-8-16(15)23(13)19(25)11-28-20(26)12-27-17-9-5-2-6-14(17)21/h2-9,13H,10-12H2,1H3,(H,22,24)/t13-/m0/s1. The van der Waals surface area contributed by atoms with E-state index in [0.717, 1.165) is 0 Å². The van der Waals surface area contributed by atoms with Gasteiger partial charge < -0.3 is 19.7 Å². The molecule has 0 saturated heterocycles. The molecule has 7 nitrogen and oxygen atoms in total. The first kappa shape index (κ1) is 19.7. The van der Waals surface area contributed by atoms with E-state index in [0.29, 0.717) is 22.1 Å². The number of carbonyl (C=O) groups excluding carboxylic acids is 3. The summed E-state index contributed by atoms with van der Waals surface area (Å²) in [5.41, 5.74) is 1.10. The third-order valence-electron chi connectivity index (χ3n) is 4.17. The van der Waals surface area contributed by atoms with Crippen molar-refractivity contribution < 1.29 is 23.9 Å². The number of anilines is 2. The fourth-order valence-electron chi connectivity index (χ4n) is 2.92. The van der Waals surface area contributed by atoms with Crippen LogP contribution in [0, 0.1) is 0 Å². The average Bonchev–Trinajstić information content (AvgIpc) is 2.79. The quantitative estimate of drug-likeness (QED) is 0.777. The molecule has 0 saturated carbocycles. The van der Waals surface area contributed by atoms with Gasteiger partial charge in [0.2, 0.25) is 5.91 Å². The number of amides is 2. The van der Waals surface area contributed by atoms with Crippen molar-refractivity contribution in [3.8, 4) is 5.75 Å². The second-order valence-corrected chi connectivity index (χ2v) is 6.67. The van der Waals surface area contributed by atoms with Gasteiger partial charge in [-0.15, -0.1) is 0 Å². The Morgan fingerprint density at radius 1 is 1.14 bits per heavy atom. The zero-order chi connectivity index (χ0) is 20.1. The van der Waals surface area contributed by atoms with Crippen LogP contribution in [0.5, 0.6) is 5.75 Å². The van der Waals surface area contributed by atoms with Gasteiger partial charge in [-0.1, -0.05) is 35.9 Å². The van der Waals surface area contributed by atoms with E-state index in [9.17, 15) is 14.4 Å². The van der Waals surface area contributed by atoms with Gasteiger partial charge in [-0.25, -0.2) is 4.79 Å². The molecule has 0 fully saturated rings. The molecule has 1 N–H and O–H groups in total. The monoisotopic (exact) mass is 402 g/mol. The van der Waals surface area contributed by atoms with Gasteiger partial charge in [-0.2, -0.15) is 0 Å². The predicted octanol–water partition coefficient (Wildman–Crippen LogP) is 3.03. The molecular weight excluding hydrogens is 384 g/mol. The molecule has 0 unspecified atom stereocenters. The summed E-state index contributed by atoms with van der Waals surface area (Å²) < 4.78 is 10.3. The van der Waals surface area contributed by atoms with Gasteiger partial charge in [0.05, 0.1) is 16.4 Å². The number of rotatable bonds is 5. The Balaban J connectivity index is 1.61. The Morgan fingerprint density at radius 2 is 1.86 bits per heavy atom. The lowest BCUT2D eigenvalue weighted by Crippen LogP contribution is -2.41. The summed E-state index contributed by atoms with van der Waals surface area (Å²) in [6, 6.07) is 13.3. The first-order chi connectivity index (χ1) is 13.5. The van der Waals surface area contributed by atoms with Crippen molar-refractivity contribution in [3.63, 3.8) is 0 Å². The van der Waals surface area contributed by atoms with E-state index < -0.39 is 18.5 Å². The van der Waals surface area contributed by atoms with E-state index in [1.165, 1.54) is 4.90 Å². The maximum absolute atomic E-state index is 12.7. The second kappa shape index (κ2) is 8.75. The molecule has 8 heteroatoms. The first-order valence-electron chi connectivity index (χ1n) is 8.69. The molecule has 28 heavy (non-hydrogen) atoms. The molecule has 2 amide bonds. The lowest BCUT2D eigenvalue weighted by atomic mass is 10.1. The van der Waals surface area contributed by atoms with Crippen molar-refractivity contribution in [1.29, 1.82) is 0 Å². The van der Waals surface area contributed by atoms with Crippen LogP contribution < -0.4 is 15.0 Å². The number of hydrogen-bond acceptors (Lipinski definition) is 5. The first-order valence-corrected chi connectivity index (χ1v) is 9.07. The highest BCUT2D eigenvalue weighted by Gasteiger charge is 2.30. The fraction of sp³-hybridized carbons (Fsp3) is 0.250. The molecule has 1 atom stereocenters. The van der Waals surface area contributed by atoms with Crippen LogP contribution in [0.25, 0.3) is 0 Å². The number of benzene rings is 2. The molecule has 146 valence electrons. The van der Waals surface area contributed by atoms with E-state index in [1.54, 1.807) is 55.5 Å². The fourth-order valence-corrected chi connectivity index (χ4v) is 3.11. The molecule has 0 aliphatic carbocycles. The Morgan fingerprint density at radius 3 is 2.64 bits per heavy atom. The number of ether oxygens (including phenoxy) is 2. The lowest BCUT2D eigenvalue weighted by Gasteiger charge is -2.27. The second-order valence-electron chi connectivity index (χ2n) is 6.26. The highest BCUT2D eigenvalue weighted by atomic mass is 35.5. The lowest BCUT2D eigenvalue weighted by molar-refractivity contribution is -0.149. The molecule has 1 heterocycles. The van der Waals surface area contributed by atoms with Gasteiger partial charge >= 0.3 is 5.97 Å². The third kappa shape index (κ3) is 4.61. The van der Waals surface area contributed by atoms with E-state index in [1.807, 2.05) is 0 Å². The van der Waals surface area contributed by atoms with Crippen LogP contribution in [0.2, 0.25) is 5.02 Å². The van der Waals surface area contributed by atoms with Gasteiger partial charge in [0, 0.05) is 12.5 Å². The molecule has 3 rings (SSSR count). The molecule has 0 aromatic heterocycles. The molecule has 2 aromatic rings. The topological polar surface area (TPSA) is 84.9 Å². The number of fused-ring (bicyclic) bond motifs is 1. The van der Waals surface area contributed by atoms with Crippen molar-refractivity contribution in [3.05, 3.63) is 53.6 Å². The SMILES string of the molecule is C[C@H]1CC(=O)Nc2ccccc2N1C(=O)COC(=O)COc1ccccc1Cl. The maximum atomic E-state index is 12.7. The molecule has 1 aliphatic rings. The highest BCUT2D eigenvalue weighted by Crippen LogP contribution is 2.31. The maximum Gasteiger partial charge on any atom is 0.344 e. The van der Waals surface area contributed by atoms with Crippen molar-refractivity contribution in [1.82, 2.24) is 0 Å². The van der Waals surface area contributed by atoms with Crippen LogP contribution in [-0.2, 0) is 19.1 Å². The number of carbonyl (C=O) groups is 3. The van der Waals surface area contributed by atoms with E-state index in [2.05, 4.69) is 5.32 Å². The van der Waals surface area contributed by atoms with Crippen LogP contribution in [-0.4, -0.2) is 37.0 Å². The van der Waals surface area contributed by atoms with Crippen molar-refractivity contribution >= 4 is 40.8 Å². The largest absolute Gasteiger partial charge is 0.480 e. The Kier molecular flexibility index (Phi) is 6.16. The Labute approximate surface area is 167 Å². The smallest absolute Gasteiger partial charge is 0.344 e. The van der Waals surface area contributed by atoms with Crippen LogP contribution >= 0.6 is 11.6 Å². The van der Waals surface area contributed by atoms with Crippen molar-refractivity contribution in [2.45, 2.75) is 19.4 Å². The van der Waals surface area contributed by atoms with Gasteiger partial charge in [-0.05, 0) is 31.2 Å². The normalized spacial score (nSPS) is 15.9. The zero-order valence-electron chi connectivity index (χ0n) is 15.2. The van der Waals surface area contributed by atoms with E-state index >= 15 is 0 Å². The van der Waals surface area contributed by atoms with Gasteiger partial charge in [-0.3, -0.25) is 9.59 Å². The van der Waals surface area contributed by atoms with Gasteiger partial charge in [0.15, 0.2) is 13.2 Å². The van der Waals surface area contributed by atoms with Crippen molar-refractivity contribution in [2.24, 2.45) is 0 Å².